The Balaban J connectivity index is 2.15. The molecule has 0 amide bonds. The van der Waals surface area contributed by atoms with E-state index in [1.54, 1.807) is 32.9 Å². The molecule has 0 aliphatic carbocycles. The van der Waals surface area contributed by atoms with E-state index in [9.17, 15) is 8.42 Å². The van der Waals surface area contributed by atoms with Crippen LogP contribution in [0.15, 0.2) is 24.3 Å². The molecule has 0 bridgehead atoms. The molecule has 1 aromatic carbocycles. The number of anilines is 1. The average molecular weight is 323 g/mol. The molecular weight excluding hydrogens is 298 g/mol. The highest BCUT2D eigenvalue weighted by molar-refractivity contribution is 7.90. The molecule has 1 aromatic rings. The van der Waals surface area contributed by atoms with Gasteiger partial charge in [-0.2, -0.15) is 5.26 Å². The lowest BCUT2D eigenvalue weighted by Crippen LogP contribution is -2.39. The molecule has 22 heavy (non-hydrogen) atoms. The van der Waals surface area contributed by atoms with Gasteiger partial charge in [0, 0.05) is 18.8 Å². The lowest BCUT2D eigenvalue weighted by atomic mass is 10.2. The van der Waals surface area contributed by atoms with Gasteiger partial charge in [0.05, 0.1) is 16.4 Å². The SMILES string of the molecule is CC(C)(C)S(=O)(=O)NCCCCCNc1ccc(C#N)cc1. The predicted molar refractivity (Wildman–Crippen MR) is 90.2 cm³/mol. The van der Waals surface area contributed by atoms with E-state index in [0.29, 0.717) is 12.1 Å². The highest BCUT2D eigenvalue weighted by atomic mass is 32.2. The summed E-state index contributed by atoms with van der Waals surface area (Å²) >= 11 is 0. The van der Waals surface area contributed by atoms with Gasteiger partial charge >= 0.3 is 0 Å². The van der Waals surface area contributed by atoms with Crippen molar-refractivity contribution in [3.05, 3.63) is 29.8 Å². The van der Waals surface area contributed by atoms with Crippen molar-refractivity contribution in [1.29, 1.82) is 5.26 Å². The van der Waals surface area contributed by atoms with Crippen molar-refractivity contribution in [3.63, 3.8) is 0 Å². The first-order chi connectivity index (χ1) is 10.3. The molecule has 0 fully saturated rings. The number of unbranched alkanes of at least 4 members (excludes halogenated alkanes) is 2. The van der Waals surface area contributed by atoms with Crippen LogP contribution in [0.3, 0.4) is 0 Å². The van der Waals surface area contributed by atoms with Crippen molar-refractivity contribution in [3.8, 4) is 6.07 Å². The quantitative estimate of drug-likeness (QED) is 0.721. The summed E-state index contributed by atoms with van der Waals surface area (Å²) in [4.78, 5) is 0. The van der Waals surface area contributed by atoms with Gasteiger partial charge in [0.25, 0.3) is 0 Å². The summed E-state index contributed by atoms with van der Waals surface area (Å²) in [6.45, 7) is 6.39. The number of hydrogen-bond acceptors (Lipinski definition) is 4. The van der Waals surface area contributed by atoms with Crippen molar-refractivity contribution in [1.82, 2.24) is 4.72 Å². The van der Waals surface area contributed by atoms with Crippen molar-refractivity contribution in [2.24, 2.45) is 0 Å². The second-order valence-corrected chi connectivity index (χ2v) is 8.71. The molecule has 5 nitrogen and oxygen atoms in total. The molecule has 0 radical (unpaired) electrons. The van der Waals surface area contributed by atoms with E-state index >= 15 is 0 Å². The van der Waals surface area contributed by atoms with E-state index in [1.807, 2.05) is 12.1 Å². The largest absolute Gasteiger partial charge is 0.385 e. The normalized spacial score (nSPS) is 11.9. The molecule has 0 saturated heterocycles. The number of nitrogens with zero attached hydrogens (tertiary/aromatic N) is 1. The second kappa shape index (κ2) is 8.16. The molecule has 0 aliphatic heterocycles. The molecule has 0 aromatic heterocycles. The first kappa shape index (κ1) is 18.5. The smallest absolute Gasteiger partial charge is 0.216 e. The van der Waals surface area contributed by atoms with Gasteiger partial charge in [-0.05, 0) is 57.9 Å². The maximum Gasteiger partial charge on any atom is 0.216 e. The summed E-state index contributed by atoms with van der Waals surface area (Å²) in [5.41, 5.74) is 1.64. The molecule has 0 saturated carbocycles. The van der Waals surface area contributed by atoms with E-state index in [2.05, 4.69) is 16.1 Å². The highest BCUT2D eigenvalue weighted by Gasteiger charge is 2.27. The summed E-state index contributed by atoms with van der Waals surface area (Å²) < 4.78 is 25.5. The Kier molecular flexibility index (Phi) is 6.85. The van der Waals surface area contributed by atoms with Gasteiger partial charge in [-0.1, -0.05) is 6.42 Å². The minimum Gasteiger partial charge on any atom is -0.385 e. The van der Waals surface area contributed by atoms with Crippen LogP contribution in [0.1, 0.15) is 45.6 Å². The molecule has 1 rings (SSSR count). The van der Waals surface area contributed by atoms with Crippen molar-refractivity contribution in [2.45, 2.75) is 44.8 Å². The zero-order valence-electron chi connectivity index (χ0n) is 13.5. The molecule has 122 valence electrons. The maximum absolute atomic E-state index is 11.8. The van der Waals surface area contributed by atoms with Crippen LogP contribution in [0, 0.1) is 11.3 Å². The Morgan fingerprint density at radius 3 is 2.18 bits per heavy atom. The molecule has 0 unspecified atom stereocenters. The number of rotatable bonds is 8. The summed E-state index contributed by atoms with van der Waals surface area (Å²) in [6.07, 6.45) is 2.75. The third kappa shape index (κ3) is 6.04. The van der Waals surface area contributed by atoms with Crippen LogP contribution in [0.2, 0.25) is 0 Å². The number of nitriles is 1. The topological polar surface area (TPSA) is 82.0 Å². The Hall–Kier alpha value is -1.58. The molecule has 0 spiro atoms. The Morgan fingerprint density at radius 2 is 1.64 bits per heavy atom. The third-order valence-electron chi connectivity index (χ3n) is 3.29. The van der Waals surface area contributed by atoms with Crippen LogP contribution in [-0.2, 0) is 10.0 Å². The molecule has 0 atom stereocenters. The van der Waals surface area contributed by atoms with Crippen LogP contribution in [0.4, 0.5) is 5.69 Å². The van der Waals surface area contributed by atoms with E-state index in [0.717, 1.165) is 31.5 Å². The van der Waals surface area contributed by atoms with E-state index in [4.69, 9.17) is 5.26 Å². The second-order valence-electron chi connectivity index (χ2n) is 6.19. The maximum atomic E-state index is 11.8. The van der Waals surface area contributed by atoms with Gasteiger partial charge in [-0.15, -0.1) is 0 Å². The molecule has 0 heterocycles. The van der Waals surface area contributed by atoms with E-state index in [1.165, 1.54) is 0 Å². The monoisotopic (exact) mass is 323 g/mol. The van der Waals surface area contributed by atoms with Gasteiger partial charge < -0.3 is 5.32 Å². The van der Waals surface area contributed by atoms with Gasteiger partial charge in [0.15, 0.2) is 0 Å². The summed E-state index contributed by atoms with van der Waals surface area (Å²) in [6, 6.07) is 9.42. The fourth-order valence-corrected chi connectivity index (χ4v) is 2.59. The lowest BCUT2D eigenvalue weighted by Gasteiger charge is -2.19. The van der Waals surface area contributed by atoms with Crippen molar-refractivity contribution < 1.29 is 8.42 Å². The third-order valence-corrected chi connectivity index (χ3v) is 5.49. The zero-order valence-corrected chi connectivity index (χ0v) is 14.3. The molecule has 2 N–H and O–H groups in total. The summed E-state index contributed by atoms with van der Waals surface area (Å²) in [5.74, 6) is 0. The average Bonchev–Trinajstić information content (AvgIpc) is 2.45. The first-order valence-electron chi connectivity index (χ1n) is 7.49. The van der Waals surface area contributed by atoms with Crippen LogP contribution < -0.4 is 10.0 Å². The van der Waals surface area contributed by atoms with Gasteiger partial charge in [-0.3, -0.25) is 0 Å². The summed E-state index contributed by atoms with van der Waals surface area (Å²) in [7, 11) is -3.23. The van der Waals surface area contributed by atoms with E-state index < -0.39 is 14.8 Å². The molecule has 0 aliphatic rings. The fraction of sp³-hybridized carbons (Fsp3) is 0.562. The first-order valence-corrected chi connectivity index (χ1v) is 8.98. The van der Waals surface area contributed by atoms with Crippen LogP contribution in [0.5, 0.6) is 0 Å². The number of hydrogen-bond donors (Lipinski definition) is 2. The van der Waals surface area contributed by atoms with Crippen LogP contribution in [0.25, 0.3) is 0 Å². The molecule has 6 heteroatoms. The summed E-state index contributed by atoms with van der Waals surface area (Å²) in [5, 5.41) is 12.0. The van der Waals surface area contributed by atoms with Gasteiger partial charge in [0.1, 0.15) is 0 Å². The van der Waals surface area contributed by atoms with Crippen LogP contribution >= 0.6 is 0 Å². The zero-order chi connectivity index (χ0) is 16.6. The van der Waals surface area contributed by atoms with Crippen molar-refractivity contribution in [2.75, 3.05) is 18.4 Å². The lowest BCUT2D eigenvalue weighted by molar-refractivity contribution is 0.540. The minimum absolute atomic E-state index is 0.483. The Bertz CT molecular complexity index is 596. The molecular formula is C16H25N3O2S. The number of sulfonamides is 1. The van der Waals surface area contributed by atoms with Crippen LogP contribution in [-0.4, -0.2) is 26.3 Å². The number of nitrogens with one attached hydrogen (secondary N) is 2. The Morgan fingerprint density at radius 1 is 1.05 bits per heavy atom. The van der Waals surface area contributed by atoms with E-state index in [-0.39, 0.29) is 0 Å². The van der Waals surface area contributed by atoms with Gasteiger partial charge in [-0.25, -0.2) is 13.1 Å². The highest BCUT2D eigenvalue weighted by Crippen LogP contribution is 2.13. The van der Waals surface area contributed by atoms with Gasteiger partial charge in [0.2, 0.25) is 10.0 Å². The minimum atomic E-state index is -3.23. The Labute approximate surface area is 133 Å². The fourth-order valence-electron chi connectivity index (χ4n) is 1.75. The predicted octanol–water partition coefficient (Wildman–Crippen LogP) is 2.86. The number of benzene rings is 1. The standard InChI is InChI=1S/C16H25N3O2S/c1-16(2,3)22(20,21)19-12-6-4-5-11-18-15-9-7-14(13-17)8-10-15/h7-10,18-19H,4-6,11-12H2,1-3H3. The van der Waals surface area contributed by atoms with Crippen molar-refractivity contribution >= 4 is 15.7 Å².